The highest BCUT2D eigenvalue weighted by molar-refractivity contribution is 7.22. The lowest BCUT2D eigenvalue weighted by Crippen LogP contribution is -2.14. The average Bonchev–Trinajstić information content (AvgIpc) is 3.33. The number of nitrogens with zero attached hydrogens (tertiary/aromatic N) is 3. The summed E-state index contributed by atoms with van der Waals surface area (Å²) >= 11 is 1.15. The molecule has 0 unspecified atom stereocenters. The maximum atomic E-state index is 12.5. The first kappa shape index (κ1) is 20.7. The van der Waals surface area contributed by atoms with E-state index in [1.165, 1.54) is 16.8 Å². The molecule has 0 saturated carbocycles. The Labute approximate surface area is 180 Å². The van der Waals surface area contributed by atoms with E-state index >= 15 is 0 Å². The number of benzene rings is 2. The summed E-state index contributed by atoms with van der Waals surface area (Å²) in [6.07, 6.45) is 1.64. The average molecular weight is 444 g/mol. The number of amides is 1. The molecule has 0 aliphatic carbocycles. The molecular formula is C21H18F2N4O3S. The second-order valence-electron chi connectivity index (χ2n) is 6.76. The predicted molar refractivity (Wildman–Crippen MR) is 113 cm³/mol. The van der Waals surface area contributed by atoms with Crippen LogP contribution in [0.1, 0.15) is 21.6 Å². The van der Waals surface area contributed by atoms with Crippen LogP contribution in [0.3, 0.4) is 0 Å². The largest absolute Gasteiger partial charge is 0.471 e. The van der Waals surface area contributed by atoms with E-state index in [1.807, 2.05) is 32.0 Å². The van der Waals surface area contributed by atoms with Gasteiger partial charge in [0.2, 0.25) is 0 Å². The molecule has 2 aromatic carbocycles. The zero-order chi connectivity index (χ0) is 22.0. The minimum atomic E-state index is -2.90. The third kappa shape index (κ3) is 4.97. The van der Waals surface area contributed by atoms with E-state index in [-0.39, 0.29) is 18.2 Å². The number of aryl methyl sites for hydroxylation is 2. The summed E-state index contributed by atoms with van der Waals surface area (Å²) in [5.74, 6) is 0.344. The minimum absolute atomic E-state index is 0.0339. The van der Waals surface area contributed by atoms with Gasteiger partial charge in [0.25, 0.3) is 5.91 Å². The summed E-state index contributed by atoms with van der Waals surface area (Å²) in [5, 5.41) is 7.22. The van der Waals surface area contributed by atoms with Crippen molar-refractivity contribution in [1.82, 2.24) is 14.8 Å². The number of aromatic nitrogens is 3. The van der Waals surface area contributed by atoms with Crippen molar-refractivity contribution >= 4 is 32.6 Å². The molecule has 160 valence electrons. The van der Waals surface area contributed by atoms with E-state index in [0.29, 0.717) is 15.3 Å². The van der Waals surface area contributed by atoms with E-state index in [1.54, 1.807) is 18.3 Å². The Bertz CT molecular complexity index is 1240. The number of alkyl halides is 2. The van der Waals surface area contributed by atoms with Crippen molar-refractivity contribution in [3.63, 3.8) is 0 Å². The number of thiazole rings is 1. The number of ether oxygens (including phenoxy) is 2. The van der Waals surface area contributed by atoms with E-state index < -0.39 is 12.5 Å². The number of halogens is 2. The van der Waals surface area contributed by atoms with Crippen LogP contribution >= 0.6 is 11.3 Å². The predicted octanol–water partition coefficient (Wildman–Crippen LogP) is 5.00. The Balaban J connectivity index is 1.40. The molecule has 0 atom stereocenters. The van der Waals surface area contributed by atoms with Crippen LogP contribution in [0.15, 0.2) is 48.7 Å². The summed E-state index contributed by atoms with van der Waals surface area (Å²) in [7, 11) is 0. The van der Waals surface area contributed by atoms with Gasteiger partial charge in [-0.3, -0.25) is 10.1 Å². The number of hydrogen-bond donors (Lipinski definition) is 1. The first-order chi connectivity index (χ1) is 14.9. The molecule has 0 aliphatic heterocycles. The van der Waals surface area contributed by atoms with E-state index in [4.69, 9.17) is 4.74 Å². The fourth-order valence-electron chi connectivity index (χ4n) is 2.95. The van der Waals surface area contributed by atoms with Crippen LogP contribution in [-0.4, -0.2) is 27.3 Å². The molecule has 31 heavy (non-hydrogen) atoms. The van der Waals surface area contributed by atoms with Crippen LogP contribution in [0.2, 0.25) is 0 Å². The third-order valence-corrected chi connectivity index (χ3v) is 5.30. The van der Waals surface area contributed by atoms with Gasteiger partial charge in [-0.05, 0) is 49.7 Å². The summed E-state index contributed by atoms with van der Waals surface area (Å²) < 4.78 is 37.0. The fourth-order valence-corrected chi connectivity index (χ4v) is 3.84. The number of rotatable bonds is 7. The van der Waals surface area contributed by atoms with Gasteiger partial charge < -0.3 is 9.47 Å². The van der Waals surface area contributed by atoms with Crippen molar-refractivity contribution < 1.29 is 23.0 Å². The number of carbonyl (C=O) groups excluding carboxylic acids is 1. The topological polar surface area (TPSA) is 78.3 Å². The smallest absolute Gasteiger partial charge is 0.387 e. The Morgan fingerprint density at radius 1 is 1.19 bits per heavy atom. The molecule has 4 rings (SSSR count). The molecule has 2 heterocycles. The molecule has 0 saturated heterocycles. The number of hydrogen-bond acceptors (Lipinski definition) is 6. The quantitative estimate of drug-likeness (QED) is 0.434. The van der Waals surface area contributed by atoms with Crippen LogP contribution in [-0.2, 0) is 6.73 Å². The molecule has 7 nitrogen and oxygen atoms in total. The number of carbonyl (C=O) groups is 1. The Kier molecular flexibility index (Phi) is 5.81. The van der Waals surface area contributed by atoms with Crippen molar-refractivity contribution in [2.24, 2.45) is 0 Å². The summed E-state index contributed by atoms with van der Waals surface area (Å²) in [6, 6.07) is 11.9. The van der Waals surface area contributed by atoms with E-state index in [0.717, 1.165) is 28.2 Å². The SMILES string of the molecule is Cc1ccc(OCn2ccc(C(=O)Nc3nc4ccc(OC(F)F)cc4s3)n2)c(C)c1. The standard InChI is InChI=1S/C21H18F2N4O3S/c1-12-3-6-17(13(2)9-12)29-11-27-8-7-16(26-27)19(28)25-21-24-15-5-4-14(30-20(22)23)10-18(15)31-21/h3-10,20H,11H2,1-2H3,(H,24,25,28). The first-order valence-corrected chi connectivity index (χ1v) is 10.1. The second-order valence-corrected chi connectivity index (χ2v) is 7.79. The van der Waals surface area contributed by atoms with Gasteiger partial charge in [-0.2, -0.15) is 13.9 Å². The van der Waals surface area contributed by atoms with Crippen molar-refractivity contribution in [2.75, 3.05) is 5.32 Å². The zero-order valence-electron chi connectivity index (χ0n) is 16.6. The van der Waals surface area contributed by atoms with Crippen LogP contribution in [0.4, 0.5) is 13.9 Å². The second kappa shape index (κ2) is 8.68. The molecule has 10 heteroatoms. The zero-order valence-corrected chi connectivity index (χ0v) is 17.5. The highest BCUT2D eigenvalue weighted by Gasteiger charge is 2.14. The van der Waals surface area contributed by atoms with Crippen LogP contribution in [0.5, 0.6) is 11.5 Å². The maximum absolute atomic E-state index is 12.5. The van der Waals surface area contributed by atoms with Gasteiger partial charge in [0, 0.05) is 6.20 Å². The molecule has 1 amide bonds. The number of nitrogens with one attached hydrogen (secondary N) is 1. The molecule has 0 bridgehead atoms. The van der Waals surface area contributed by atoms with Gasteiger partial charge in [-0.15, -0.1) is 0 Å². The minimum Gasteiger partial charge on any atom is -0.471 e. The normalized spacial score (nSPS) is 11.1. The maximum Gasteiger partial charge on any atom is 0.387 e. The third-order valence-electron chi connectivity index (χ3n) is 4.36. The molecule has 0 fully saturated rings. The van der Waals surface area contributed by atoms with Gasteiger partial charge in [-0.1, -0.05) is 29.0 Å². The number of fused-ring (bicyclic) bond motifs is 1. The van der Waals surface area contributed by atoms with Crippen molar-refractivity contribution in [2.45, 2.75) is 27.2 Å². The molecule has 1 N–H and O–H groups in total. The van der Waals surface area contributed by atoms with Gasteiger partial charge in [0.05, 0.1) is 10.2 Å². The monoisotopic (exact) mass is 444 g/mol. The fraction of sp³-hybridized carbons (Fsp3) is 0.190. The van der Waals surface area contributed by atoms with Gasteiger partial charge >= 0.3 is 6.61 Å². The summed E-state index contributed by atoms with van der Waals surface area (Å²) in [5.41, 5.74) is 2.93. The highest BCUT2D eigenvalue weighted by Crippen LogP contribution is 2.30. The van der Waals surface area contributed by atoms with Crippen molar-refractivity contribution in [3.05, 3.63) is 65.5 Å². The molecule has 2 aromatic heterocycles. The lowest BCUT2D eigenvalue weighted by Gasteiger charge is -2.09. The molecule has 4 aromatic rings. The van der Waals surface area contributed by atoms with Gasteiger partial charge in [0.1, 0.15) is 11.5 Å². The highest BCUT2D eigenvalue weighted by atomic mass is 32.1. The molecule has 0 aliphatic rings. The van der Waals surface area contributed by atoms with E-state index in [2.05, 4.69) is 20.1 Å². The Morgan fingerprint density at radius 3 is 2.81 bits per heavy atom. The summed E-state index contributed by atoms with van der Waals surface area (Å²) in [4.78, 5) is 16.8. The first-order valence-electron chi connectivity index (χ1n) is 9.27. The van der Waals surface area contributed by atoms with E-state index in [9.17, 15) is 13.6 Å². The van der Waals surface area contributed by atoms with Crippen molar-refractivity contribution in [3.8, 4) is 11.5 Å². The lowest BCUT2D eigenvalue weighted by molar-refractivity contribution is -0.0497. The lowest BCUT2D eigenvalue weighted by atomic mass is 10.1. The molecule has 0 spiro atoms. The van der Waals surface area contributed by atoms with Gasteiger partial charge in [-0.25, -0.2) is 9.67 Å². The molecule has 0 radical (unpaired) electrons. The van der Waals surface area contributed by atoms with Gasteiger partial charge in [0.15, 0.2) is 17.6 Å². The van der Waals surface area contributed by atoms with Crippen LogP contribution < -0.4 is 14.8 Å². The molecular weight excluding hydrogens is 426 g/mol. The van der Waals surface area contributed by atoms with Crippen molar-refractivity contribution in [1.29, 1.82) is 0 Å². The summed E-state index contributed by atoms with van der Waals surface area (Å²) in [6.45, 7) is 1.23. The number of anilines is 1. The van der Waals surface area contributed by atoms with Crippen LogP contribution in [0, 0.1) is 13.8 Å². The van der Waals surface area contributed by atoms with Crippen LogP contribution in [0.25, 0.3) is 10.2 Å². The Hall–Kier alpha value is -3.53. The Morgan fingerprint density at radius 2 is 2.03 bits per heavy atom.